The van der Waals surface area contributed by atoms with E-state index in [1.54, 1.807) is 17.8 Å². The first-order valence-electron chi connectivity index (χ1n) is 12.1. The van der Waals surface area contributed by atoms with Crippen molar-refractivity contribution in [3.8, 4) is 5.75 Å². The Morgan fingerprint density at radius 2 is 1.97 bits per heavy atom. The Labute approximate surface area is 197 Å². The van der Waals surface area contributed by atoms with Gasteiger partial charge in [-0.15, -0.1) is 0 Å². The Morgan fingerprint density at radius 3 is 2.70 bits per heavy atom. The number of ether oxygens (including phenoxy) is 2. The fraction of sp³-hybridized carbons (Fsp3) is 0.667. The van der Waals surface area contributed by atoms with Crippen molar-refractivity contribution in [3.63, 3.8) is 0 Å². The maximum absolute atomic E-state index is 14.7. The van der Waals surface area contributed by atoms with Gasteiger partial charge in [-0.3, -0.25) is 9.69 Å². The van der Waals surface area contributed by atoms with E-state index in [-0.39, 0.29) is 5.39 Å². The van der Waals surface area contributed by atoms with Gasteiger partial charge in [0.15, 0.2) is 0 Å². The fourth-order valence-corrected chi connectivity index (χ4v) is 5.98. The summed E-state index contributed by atoms with van der Waals surface area (Å²) in [5, 5.41) is 3.85. The lowest BCUT2D eigenvalue weighted by atomic mass is 9.92. The van der Waals surface area contributed by atoms with Crippen molar-refractivity contribution < 1.29 is 13.9 Å². The molecule has 4 heterocycles. The summed E-state index contributed by atoms with van der Waals surface area (Å²) in [6.07, 6.45) is 5.36. The van der Waals surface area contributed by atoms with Gasteiger partial charge in [-0.05, 0) is 51.1 Å². The second-order valence-electron chi connectivity index (χ2n) is 9.36. The lowest BCUT2D eigenvalue weighted by Crippen LogP contribution is -2.58. The van der Waals surface area contributed by atoms with E-state index in [9.17, 15) is 9.18 Å². The summed E-state index contributed by atoms with van der Waals surface area (Å²) in [6, 6.07) is 3.73. The van der Waals surface area contributed by atoms with Gasteiger partial charge in [-0.25, -0.2) is 9.37 Å². The molecular weight excluding hydrogens is 443 g/mol. The number of likely N-dealkylation sites (tertiary alicyclic amines) is 1. The molecule has 0 amide bonds. The summed E-state index contributed by atoms with van der Waals surface area (Å²) >= 11 is 1.77. The van der Waals surface area contributed by atoms with Gasteiger partial charge in [0.1, 0.15) is 22.8 Å². The molecular formula is C24H33FN4O3S. The number of aromatic nitrogens is 2. The molecule has 0 saturated carbocycles. The van der Waals surface area contributed by atoms with Gasteiger partial charge in [-0.1, -0.05) is 0 Å². The first-order chi connectivity index (χ1) is 16.2. The lowest BCUT2D eigenvalue weighted by Gasteiger charge is -2.42. The number of piperidine rings is 1. The average Bonchev–Trinajstić information content (AvgIpc) is 2.78. The monoisotopic (exact) mass is 476 g/mol. The summed E-state index contributed by atoms with van der Waals surface area (Å²) < 4.78 is 26.0. The van der Waals surface area contributed by atoms with Crippen LogP contribution in [-0.4, -0.2) is 72.2 Å². The second-order valence-corrected chi connectivity index (χ2v) is 10.7. The van der Waals surface area contributed by atoms with Gasteiger partial charge in [-0.2, -0.15) is 11.8 Å². The van der Waals surface area contributed by atoms with Crippen molar-refractivity contribution in [2.24, 2.45) is 5.92 Å². The number of H-pyrrole nitrogens is 1. The van der Waals surface area contributed by atoms with Crippen molar-refractivity contribution in [2.45, 2.75) is 49.1 Å². The molecule has 5 rings (SSSR count). The number of rotatable bonds is 8. The number of hydrogen-bond acceptors (Lipinski definition) is 7. The third-order valence-electron chi connectivity index (χ3n) is 7.13. The molecule has 0 bridgehead atoms. The van der Waals surface area contributed by atoms with E-state index in [1.165, 1.54) is 18.9 Å². The average molecular weight is 477 g/mol. The Morgan fingerprint density at radius 1 is 1.18 bits per heavy atom. The van der Waals surface area contributed by atoms with E-state index in [0.29, 0.717) is 40.6 Å². The Hall–Kier alpha value is -1.68. The number of fused-ring (bicyclic) bond motifs is 1. The molecule has 0 unspecified atom stereocenters. The molecule has 7 nitrogen and oxygen atoms in total. The molecule has 1 aromatic carbocycles. The van der Waals surface area contributed by atoms with Crippen LogP contribution in [0.25, 0.3) is 10.9 Å². The highest BCUT2D eigenvalue weighted by Crippen LogP contribution is 2.27. The van der Waals surface area contributed by atoms with Crippen molar-refractivity contribution in [1.29, 1.82) is 0 Å². The summed E-state index contributed by atoms with van der Waals surface area (Å²) in [7, 11) is 0. The zero-order valence-electron chi connectivity index (χ0n) is 19.0. The molecule has 0 radical (unpaired) electrons. The van der Waals surface area contributed by atoms with Crippen LogP contribution in [0.4, 0.5) is 4.39 Å². The quantitative estimate of drug-likeness (QED) is 0.606. The van der Waals surface area contributed by atoms with E-state index < -0.39 is 11.4 Å². The summed E-state index contributed by atoms with van der Waals surface area (Å²) in [4.78, 5) is 22.4. The number of nitrogens with one attached hydrogen (secondary N) is 2. The van der Waals surface area contributed by atoms with Crippen LogP contribution in [0.15, 0.2) is 16.9 Å². The van der Waals surface area contributed by atoms with E-state index >= 15 is 0 Å². The van der Waals surface area contributed by atoms with E-state index in [1.807, 2.05) is 0 Å². The predicted molar refractivity (Wildman–Crippen MR) is 129 cm³/mol. The second kappa shape index (κ2) is 10.7. The molecule has 3 aliphatic rings. The number of aromatic amines is 1. The highest BCUT2D eigenvalue weighted by atomic mass is 32.2. The third-order valence-corrected chi connectivity index (χ3v) is 8.51. The topological polar surface area (TPSA) is 79.5 Å². The van der Waals surface area contributed by atoms with Gasteiger partial charge in [0.05, 0.1) is 17.9 Å². The van der Waals surface area contributed by atoms with Crippen LogP contribution in [0.5, 0.6) is 5.75 Å². The number of benzene rings is 1. The van der Waals surface area contributed by atoms with Crippen LogP contribution in [0.3, 0.4) is 0 Å². The Kier molecular flexibility index (Phi) is 7.49. The van der Waals surface area contributed by atoms with Crippen LogP contribution in [0, 0.1) is 11.7 Å². The molecule has 2 N–H and O–H groups in total. The normalized spacial score (nSPS) is 21.4. The third kappa shape index (κ3) is 5.70. The number of nitrogens with zero attached hydrogens (tertiary/aromatic N) is 2. The van der Waals surface area contributed by atoms with Crippen LogP contribution < -0.4 is 15.6 Å². The Balaban J connectivity index is 1.17. The molecule has 180 valence electrons. The van der Waals surface area contributed by atoms with Gasteiger partial charge in [0.2, 0.25) is 0 Å². The summed E-state index contributed by atoms with van der Waals surface area (Å²) in [5.41, 5.74) is -0.0706. The SMILES string of the molecule is O=c1[nH]c(CSC2CCOCC2)nc2cc(OCCC3CCN(C4CNC4)CC3)cc(F)c12. The molecule has 1 aromatic heterocycles. The molecule has 3 saturated heterocycles. The van der Waals surface area contributed by atoms with E-state index in [4.69, 9.17) is 9.47 Å². The van der Waals surface area contributed by atoms with Crippen LogP contribution in [-0.2, 0) is 10.5 Å². The van der Waals surface area contributed by atoms with Gasteiger partial charge in [0, 0.05) is 49.7 Å². The fourth-order valence-electron chi connectivity index (χ4n) is 4.92. The van der Waals surface area contributed by atoms with E-state index in [2.05, 4.69) is 20.2 Å². The molecule has 3 aliphatic heterocycles. The van der Waals surface area contributed by atoms with Crippen molar-refractivity contribution >= 4 is 22.7 Å². The number of hydrogen-bond donors (Lipinski definition) is 2. The van der Waals surface area contributed by atoms with Gasteiger partial charge in [0.25, 0.3) is 5.56 Å². The predicted octanol–water partition coefficient (Wildman–Crippen LogP) is 2.93. The summed E-state index contributed by atoms with van der Waals surface area (Å²) in [5.74, 6) is 1.68. The molecule has 2 aromatic rings. The first-order valence-corrected chi connectivity index (χ1v) is 13.2. The van der Waals surface area contributed by atoms with E-state index in [0.717, 1.165) is 64.7 Å². The number of thioether (sulfide) groups is 1. The summed E-state index contributed by atoms with van der Waals surface area (Å²) in [6.45, 7) is 6.66. The minimum atomic E-state index is -0.581. The van der Waals surface area contributed by atoms with Gasteiger partial charge < -0.3 is 19.8 Å². The smallest absolute Gasteiger partial charge is 0.261 e. The maximum atomic E-state index is 14.7. The first kappa shape index (κ1) is 23.1. The highest BCUT2D eigenvalue weighted by molar-refractivity contribution is 7.99. The largest absolute Gasteiger partial charge is 0.493 e. The van der Waals surface area contributed by atoms with Crippen LogP contribution in [0.2, 0.25) is 0 Å². The zero-order chi connectivity index (χ0) is 22.6. The van der Waals surface area contributed by atoms with Crippen molar-refractivity contribution in [2.75, 3.05) is 46.0 Å². The van der Waals surface area contributed by atoms with Crippen LogP contribution in [0.1, 0.15) is 37.9 Å². The minimum absolute atomic E-state index is 0.0000208. The molecule has 0 aliphatic carbocycles. The van der Waals surface area contributed by atoms with Crippen molar-refractivity contribution in [3.05, 3.63) is 34.1 Å². The van der Waals surface area contributed by atoms with Gasteiger partial charge >= 0.3 is 0 Å². The Bertz CT molecular complexity index is 1000. The van der Waals surface area contributed by atoms with Crippen LogP contribution >= 0.6 is 11.8 Å². The minimum Gasteiger partial charge on any atom is -0.493 e. The molecule has 0 spiro atoms. The lowest BCUT2D eigenvalue weighted by molar-refractivity contribution is 0.0918. The molecule has 3 fully saturated rings. The van der Waals surface area contributed by atoms with Crippen molar-refractivity contribution in [1.82, 2.24) is 20.2 Å². The standard InChI is InChI=1S/C24H33FN4O3S/c25-20-11-18(32-10-3-16-1-6-29(7-2-16)17-13-26-14-17)12-21-23(20)24(30)28-22(27-21)15-33-19-4-8-31-9-5-19/h11-12,16-17,19,26H,1-10,13-15H2,(H,27,28,30). The highest BCUT2D eigenvalue weighted by Gasteiger charge is 2.28. The zero-order valence-corrected chi connectivity index (χ0v) is 19.8. The number of halogens is 1. The maximum Gasteiger partial charge on any atom is 0.261 e. The molecule has 33 heavy (non-hydrogen) atoms. The molecule has 9 heteroatoms. The molecule has 0 atom stereocenters.